The van der Waals surface area contributed by atoms with E-state index in [0.29, 0.717) is 23.6 Å². The van der Waals surface area contributed by atoms with Crippen LogP contribution < -0.4 is 5.32 Å². The number of imide groups is 1. The molecule has 1 fully saturated rings. The zero-order chi connectivity index (χ0) is 14.1. The van der Waals surface area contributed by atoms with Gasteiger partial charge in [0.1, 0.15) is 0 Å². The lowest BCUT2D eigenvalue weighted by Crippen LogP contribution is -2.34. The van der Waals surface area contributed by atoms with Crippen molar-refractivity contribution in [3.05, 3.63) is 34.9 Å². The summed E-state index contributed by atoms with van der Waals surface area (Å²) in [5, 5.41) is 3.33. The number of hydrogen-bond donors (Lipinski definition) is 1. The van der Waals surface area contributed by atoms with Gasteiger partial charge in [0, 0.05) is 6.54 Å². The maximum absolute atomic E-state index is 12.3. The summed E-state index contributed by atoms with van der Waals surface area (Å²) in [4.78, 5) is 26.0. The normalized spacial score (nSPS) is 19.6. The monoisotopic (exact) mass is 272 g/mol. The molecule has 0 aromatic heterocycles. The smallest absolute Gasteiger partial charge is 0.261 e. The molecular formula is C16H20N2O2. The van der Waals surface area contributed by atoms with Gasteiger partial charge in [-0.2, -0.15) is 0 Å². The Morgan fingerprint density at radius 2 is 1.85 bits per heavy atom. The molecule has 2 aliphatic rings. The van der Waals surface area contributed by atoms with E-state index in [1.165, 1.54) is 4.90 Å². The third-order valence-corrected chi connectivity index (χ3v) is 4.35. The minimum absolute atomic E-state index is 0.123. The Labute approximate surface area is 119 Å². The lowest BCUT2D eigenvalue weighted by atomic mass is 9.94. The summed E-state index contributed by atoms with van der Waals surface area (Å²) in [7, 11) is 0. The van der Waals surface area contributed by atoms with Gasteiger partial charge in [0.2, 0.25) is 0 Å². The van der Waals surface area contributed by atoms with Gasteiger partial charge < -0.3 is 5.32 Å². The minimum atomic E-state index is -0.126. The van der Waals surface area contributed by atoms with Crippen LogP contribution in [-0.4, -0.2) is 36.3 Å². The van der Waals surface area contributed by atoms with Crippen molar-refractivity contribution in [3.63, 3.8) is 0 Å². The average Bonchev–Trinajstić information content (AvgIpc) is 2.70. The molecule has 0 aliphatic carbocycles. The fraction of sp³-hybridized carbons (Fsp3) is 0.500. The predicted octanol–water partition coefficient (Wildman–Crippen LogP) is 1.98. The van der Waals surface area contributed by atoms with Gasteiger partial charge >= 0.3 is 0 Å². The van der Waals surface area contributed by atoms with Crippen molar-refractivity contribution in [3.8, 4) is 0 Å². The Morgan fingerprint density at radius 1 is 1.15 bits per heavy atom. The van der Waals surface area contributed by atoms with Crippen LogP contribution in [0.3, 0.4) is 0 Å². The highest BCUT2D eigenvalue weighted by Crippen LogP contribution is 2.25. The Balaban J connectivity index is 1.69. The maximum Gasteiger partial charge on any atom is 0.261 e. The third kappa shape index (κ3) is 2.36. The van der Waals surface area contributed by atoms with E-state index >= 15 is 0 Å². The van der Waals surface area contributed by atoms with Gasteiger partial charge in [-0.25, -0.2) is 0 Å². The number of carbonyl (C=O) groups is 2. The van der Waals surface area contributed by atoms with Crippen LogP contribution in [0, 0.1) is 12.8 Å². The highest BCUT2D eigenvalue weighted by molar-refractivity contribution is 6.21. The molecule has 0 radical (unpaired) electrons. The maximum atomic E-state index is 12.3. The van der Waals surface area contributed by atoms with Crippen LogP contribution >= 0.6 is 0 Å². The summed E-state index contributed by atoms with van der Waals surface area (Å²) in [5.74, 6) is 0.379. The molecule has 1 aromatic carbocycles. The minimum Gasteiger partial charge on any atom is -0.317 e. The molecule has 1 N–H and O–H groups in total. The van der Waals surface area contributed by atoms with Crippen molar-refractivity contribution in [2.24, 2.45) is 5.92 Å². The number of rotatable bonds is 3. The molecule has 4 heteroatoms. The van der Waals surface area contributed by atoms with Crippen LogP contribution in [-0.2, 0) is 0 Å². The summed E-state index contributed by atoms with van der Waals surface area (Å²) in [6.07, 6.45) is 3.21. The molecule has 0 unspecified atom stereocenters. The second-order valence-corrected chi connectivity index (χ2v) is 5.79. The van der Waals surface area contributed by atoms with E-state index in [4.69, 9.17) is 0 Å². The zero-order valence-corrected chi connectivity index (χ0v) is 11.8. The van der Waals surface area contributed by atoms with E-state index in [0.717, 1.165) is 37.9 Å². The fourth-order valence-corrected chi connectivity index (χ4v) is 3.09. The highest BCUT2D eigenvalue weighted by Gasteiger charge is 2.35. The van der Waals surface area contributed by atoms with Crippen molar-refractivity contribution in [1.29, 1.82) is 0 Å². The van der Waals surface area contributed by atoms with Crippen LogP contribution in [0.1, 0.15) is 45.5 Å². The molecule has 2 aliphatic heterocycles. The Hall–Kier alpha value is -1.68. The highest BCUT2D eigenvalue weighted by atomic mass is 16.2. The van der Waals surface area contributed by atoms with Gasteiger partial charge in [-0.15, -0.1) is 0 Å². The number of hydrogen-bond acceptors (Lipinski definition) is 3. The number of piperidine rings is 1. The van der Waals surface area contributed by atoms with Crippen LogP contribution in [0.2, 0.25) is 0 Å². The quantitative estimate of drug-likeness (QED) is 0.856. The molecule has 2 amide bonds. The van der Waals surface area contributed by atoms with Crippen LogP contribution in [0.25, 0.3) is 0 Å². The van der Waals surface area contributed by atoms with Gasteiger partial charge in [0.15, 0.2) is 0 Å². The van der Waals surface area contributed by atoms with Crippen molar-refractivity contribution < 1.29 is 9.59 Å². The molecule has 1 aromatic rings. The van der Waals surface area contributed by atoms with Gasteiger partial charge in [0.25, 0.3) is 11.8 Å². The van der Waals surface area contributed by atoms with Crippen LogP contribution in [0.15, 0.2) is 18.2 Å². The van der Waals surface area contributed by atoms with Crippen molar-refractivity contribution in [2.75, 3.05) is 19.6 Å². The van der Waals surface area contributed by atoms with E-state index in [1.807, 2.05) is 19.1 Å². The number of benzene rings is 1. The molecule has 0 spiro atoms. The number of aryl methyl sites for hydroxylation is 1. The summed E-state index contributed by atoms with van der Waals surface area (Å²) in [6.45, 7) is 4.59. The molecule has 20 heavy (non-hydrogen) atoms. The average molecular weight is 272 g/mol. The summed E-state index contributed by atoms with van der Waals surface area (Å²) >= 11 is 0. The molecule has 0 saturated carbocycles. The number of nitrogens with zero attached hydrogens (tertiary/aromatic N) is 1. The summed E-state index contributed by atoms with van der Waals surface area (Å²) in [6, 6.07) is 5.48. The second-order valence-electron chi connectivity index (χ2n) is 5.79. The first-order valence-electron chi connectivity index (χ1n) is 7.34. The standard InChI is InChI=1S/C16H20N2O2/c1-11-2-3-13-14(10-11)16(20)18(15(13)19)9-6-12-4-7-17-8-5-12/h2-3,10,12,17H,4-9H2,1H3. The molecule has 1 saturated heterocycles. The largest absolute Gasteiger partial charge is 0.317 e. The lowest BCUT2D eigenvalue weighted by Gasteiger charge is -2.24. The molecule has 2 heterocycles. The van der Waals surface area contributed by atoms with Gasteiger partial charge in [-0.3, -0.25) is 14.5 Å². The Kier molecular flexibility index (Phi) is 3.57. The molecule has 0 bridgehead atoms. The van der Waals surface area contributed by atoms with Crippen molar-refractivity contribution >= 4 is 11.8 Å². The van der Waals surface area contributed by atoms with E-state index in [1.54, 1.807) is 6.07 Å². The fourth-order valence-electron chi connectivity index (χ4n) is 3.09. The number of amides is 2. The van der Waals surface area contributed by atoms with E-state index in [9.17, 15) is 9.59 Å². The number of carbonyl (C=O) groups excluding carboxylic acids is 2. The Bertz CT molecular complexity index is 547. The van der Waals surface area contributed by atoms with Crippen LogP contribution in [0.5, 0.6) is 0 Å². The van der Waals surface area contributed by atoms with Crippen molar-refractivity contribution in [2.45, 2.75) is 26.2 Å². The predicted molar refractivity (Wildman–Crippen MR) is 76.8 cm³/mol. The molecular weight excluding hydrogens is 252 g/mol. The molecule has 4 nitrogen and oxygen atoms in total. The van der Waals surface area contributed by atoms with Gasteiger partial charge in [0.05, 0.1) is 11.1 Å². The molecule has 3 rings (SSSR count). The Morgan fingerprint density at radius 3 is 2.60 bits per heavy atom. The van der Waals surface area contributed by atoms with E-state index in [-0.39, 0.29) is 11.8 Å². The first-order chi connectivity index (χ1) is 9.66. The zero-order valence-electron chi connectivity index (χ0n) is 11.8. The topological polar surface area (TPSA) is 49.4 Å². The summed E-state index contributed by atoms with van der Waals surface area (Å²) < 4.78 is 0. The third-order valence-electron chi connectivity index (χ3n) is 4.35. The second kappa shape index (κ2) is 5.37. The first kappa shape index (κ1) is 13.3. The summed E-state index contributed by atoms with van der Waals surface area (Å²) in [5.41, 5.74) is 2.15. The molecule has 0 atom stereocenters. The van der Waals surface area contributed by atoms with E-state index in [2.05, 4.69) is 5.32 Å². The number of fused-ring (bicyclic) bond motifs is 1. The first-order valence-corrected chi connectivity index (χ1v) is 7.34. The van der Waals surface area contributed by atoms with Crippen LogP contribution in [0.4, 0.5) is 0 Å². The van der Waals surface area contributed by atoms with E-state index < -0.39 is 0 Å². The van der Waals surface area contributed by atoms with Gasteiger partial charge in [-0.05, 0) is 57.3 Å². The van der Waals surface area contributed by atoms with Gasteiger partial charge in [-0.1, -0.05) is 11.6 Å². The molecule has 106 valence electrons. The number of nitrogens with one attached hydrogen (secondary N) is 1. The SMILES string of the molecule is Cc1ccc2c(c1)C(=O)N(CCC1CCNCC1)C2=O. The lowest BCUT2D eigenvalue weighted by molar-refractivity contribution is 0.0643. The van der Waals surface area contributed by atoms with Crippen molar-refractivity contribution in [1.82, 2.24) is 10.2 Å².